The van der Waals surface area contributed by atoms with Crippen molar-refractivity contribution in [1.82, 2.24) is 0 Å². The fraction of sp³-hybridized carbons (Fsp3) is 1.00. The smallest absolute Gasteiger partial charge is 0.284 e. The van der Waals surface area contributed by atoms with Crippen molar-refractivity contribution < 1.29 is 17.8 Å². The highest BCUT2D eigenvalue weighted by molar-refractivity contribution is 7.48. The molecular weight excluding hydrogens is 218 g/mol. The Bertz CT molecular complexity index is 188. The Morgan fingerprint density at radius 1 is 1.00 bits per heavy atom. The number of hydrogen-bond acceptors (Lipinski definition) is 3. The monoisotopic (exact) mass is 240 g/mol. The van der Waals surface area contributed by atoms with Gasteiger partial charge >= 0.3 is 7.91 Å². The second-order valence-corrected chi connectivity index (χ2v) is 4.83. The molecule has 0 aromatic rings. The van der Waals surface area contributed by atoms with Crippen LogP contribution in [0.15, 0.2) is 0 Å². The summed E-state index contributed by atoms with van der Waals surface area (Å²) in [6.45, 7) is 4.00. The highest BCUT2D eigenvalue weighted by Crippen LogP contribution is 2.49. The van der Waals surface area contributed by atoms with E-state index in [1.165, 1.54) is 19.3 Å². The molecule has 0 radical (unpaired) electrons. The molecule has 0 saturated carbocycles. The molecule has 0 aliphatic heterocycles. The molecule has 3 nitrogen and oxygen atoms in total. The number of hydrogen-bond donors (Lipinski definition) is 0. The molecule has 0 fully saturated rings. The fourth-order valence-corrected chi connectivity index (χ4v) is 1.98. The molecule has 0 saturated heterocycles. The highest BCUT2D eigenvalue weighted by Gasteiger charge is 2.22. The molecule has 0 aliphatic carbocycles. The number of halogens is 1. The summed E-state index contributed by atoms with van der Waals surface area (Å²) >= 11 is 0. The van der Waals surface area contributed by atoms with E-state index in [1.807, 2.05) is 0 Å². The van der Waals surface area contributed by atoms with E-state index in [1.54, 1.807) is 6.92 Å². The molecular formula is C10H22FO3P. The van der Waals surface area contributed by atoms with Gasteiger partial charge in [-0.25, -0.2) is 4.57 Å². The van der Waals surface area contributed by atoms with E-state index in [0.717, 1.165) is 19.3 Å². The van der Waals surface area contributed by atoms with Gasteiger partial charge in [0.15, 0.2) is 0 Å². The summed E-state index contributed by atoms with van der Waals surface area (Å²) in [6.07, 6.45) is 6.51. The van der Waals surface area contributed by atoms with Gasteiger partial charge in [0.25, 0.3) is 0 Å². The average Bonchev–Trinajstić information content (AvgIpc) is 2.16. The SMILES string of the molecule is CCCCCCCCOP(=O)(F)OCC. The standard InChI is InChI=1S/C10H22FO3P/c1-3-5-6-7-8-9-10-14-15(11,12)13-4-2/h3-10H2,1-2H3. The van der Waals surface area contributed by atoms with Crippen LogP contribution >= 0.6 is 7.91 Å². The summed E-state index contributed by atoms with van der Waals surface area (Å²) in [4.78, 5) is 0. The van der Waals surface area contributed by atoms with Crippen molar-refractivity contribution >= 4 is 7.91 Å². The van der Waals surface area contributed by atoms with Crippen molar-refractivity contribution in [2.75, 3.05) is 13.2 Å². The number of unbranched alkanes of at least 4 members (excludes halogenated alkanes) is 5. The average molecular weight is 240 g/mol. The topological polar surface area (TPSA) is 35.5 Å². The van der Waals surface area contributed by atoms with Crippen LogP contribution in [0.4, 0.5) is 4.20 Å². The molecule has 1 unspecified atom stereocenters. The summed E-state index contributed by atoms with van der Waals surface area (Å²) in [5.74, 6) is 0. The Morgan fingerprint density at radius 3 is 2.20 bits per heavy atom. The Kier molecular flexibility index (Phi) is 9.37. The molecule has 1 atom stereocenters. The van der Waals surface area contributed by atoms with Crippen LogP contribution in [0.25, 0.3) is 0 Å². The molecule has 0 spiro atoms. The summed E-state index contributed by atoms with van der Waals surface area (Å²) in [7, 11) is -4.25. The van der Waals surface area contributed by atoms with E-state index < -0.39 is 7.91 Å². The van der Waals surface area contributed by atoms with Crippen molar-refractivity contribution in [1.29, 1.82) is 0 Å². The quantitative estimate of drug-likeness (QED) is 0.417. The fourth-order valence-electron chi connectivity index (χ4n) is 1.25. The Labute approximate surface area is 92.0 Å². The van der Waals surface area contributed by atoms with Gasteiger partial charge in [-0.1, -0.05) is 39.0 Å². The third-order valence-electron chi connectivity index (χ3n) is 2.03. The van der Waals surface area contributed by atoms with Crippen molar-refractivity contribution in [3.05, 3.63) is 0 Å². The van der Waals surface area contributed by atoms with Gasteiger partial charge in [0.05, 0.1) is 13.2 Å². The zero-order valence-electron chi connectivity index (χ0n) is 9.71. The van der Waals surface area contributed by atoms with Crippen molar-refractivity contribution in [2.45, 2.75) is 52.4 Å². The van der Waals surface area contributed by atoms with Crippen LogP contribution in [0.3, 0.4) is 0 Å². The molecule has 15 heavy (non-hydrogen) atoms. The maximum absolute atomic E-state index is 12.8. The van der Waals surface area contributed by atoms with E-state index in [-0.39, 0.29) is 13.2 Å². The van der Waals surface area contributed by atoms with E-state index in [2.05, 4.69) is 16.0 Å². The van der Waals surface area contributed by atoms with Crippen LogP contribution in [-0.2, 0) is 13.6 Å². The predicted molar refractivity (Wildman–Crippen MR) is 59.7 cm³/mol. The molecule has 0 bridgehead atoms. The maximum Gasteiger partial charge on any atom is 0.513 e. The molecule has 0 aliphatic rings. The number of rotatable bonds is 10. The minimum atomic E-state index is -4.25. The second-order valence-electron chi connectivity index (χ2n) is 3.45. The molecule has 0 rings (SSSR count). The van der Waals surface area contributed by atoms with Gasteiger partial charge in [0, 0.05) is 0 Å². The molecule has 0 N–H and O–H groups in total. The van der Waals surface area contributed by atoms with Crippen LogP contribution < -0.4 is 0 Å². The molecule has 0 amide bonds. The lowest BCUT2D eigenvalue weighted by Gasteiger charge is -2.08. The van der Waals surface area contributed by atoms with Crippen LogP contribution in [0.2, 0.25) is 0 Å². The second kappa shape index (κ2) is 9.32. The summed E-state index contributed by atoms with van der Waals surface area (Å²) in [5, 5.41) is 0. The van der Waals surface area contributed by atoms with Gasteiger partial charge < -0.3 is 0 Å². The van der Waals surface area contributed by atoms with E-state index in [0.29, 0.717) is 0 Å². The minimum Gasteiger partial charge on any atom is -0.284 e. The third kappa shape index (κ3) is 10.4. The first kappa shape index (κ1) is 15.1. The van der Waals surface area contributed by atoms with Crippen LogP contribution in [0, 0.1) is 0 Å². The summed E-state index contributed by atoms with van der Waals surface area (Å²) in [5.41, 5.74) is 0. The zero-order valence-corrected chi connectivity index (χ0v) is 10.6. The first-order chi connectivity index (χ1) is 7.12. The Balaban J connectivity index is 3.26. The predicted octanol–water partition coefficient (Wildman–Crippen LogP) is 4.48. The van der Waals surface area contributed by atoms with E-state index in [9.17, 15) is 8.76 Å². The molecule has 92 valence electrons. The first-order valence-electron chi connectivity index (χ1n) is 5.71. The molecule has 0 heterocycles. The van der Waals surface area contributed by atoms with Gasteiger partial charge in [-0.05, 0) is 13.3 Å². The van der Waals surface area contributed by atoms with Gasteiger partial charge in [0.1, 0.15) is 0 Å². The van der Waals surface area contributed by atoms with Gasteiger partial charge in [-0.2, -0.15) is 0 Å². The van der Waals surface area contributed by atoms with Crippen LogP contribution in [0.5, 0.6) is 0 Å². The highest BCUT2D eigenvalue weighted by atomic mass is 31.2. The lowest BCUT2D eigenvalue weighted by Crippen LogP contribution is -1.94. The Hall–Kier alpha value is 0.0800. The zero-order chi connectivity index (χ0) is 11.6. The van der Waals surface area contributed by atoms with Gasteiger partial charge in [-0.15, -0.1) is 4.20 Å². The molecule has 0 aromatic heterocycles. The van der Waals surface area contributed by atoms with Gasteiger partial charge in [-0.3, -0.25) is 9.05 Å². The van der Waals surface area contributed by atoms with Gasteiger partial charge in [0.2, 0.25) is 0 Å². The first-order valence-corrected chi connectivity index (χ1v) is 7.14. The molecule has 5 heteroatoms. The van der Waals surface area contributed by atoms with Crippen LogP contribution in [-0.4, -0.2) is 13.2 Å². The lowest BCUT2D eigenvalue weighted by molar-refractivity contribution is 0.178. The minimum absolute atomic E-state index is 0.0737. The summed E-state index contributed by atoms with van der Waals surface area (Å²) < 4.78 is 32.6. The Morgan fingerprint density at radius 2 is 1.60 bits per heavy atom. The van der Waals surface area contributed by atoms with E-state index >= 15 is 0 Å². The lowest BCUT2D eigenvalue weighted by atomic mass is 10.1. The third-order valence-corrected chi connectivity index (χ3v) is 3.08. The van der Waals surface area contributed by atoms with Crippen LogP contribution in [0.1, 0.15) is 52.4 Å². The largest absolute Gasteiger partial charge is 0.513 e. The maximum atomic E-state index is 12.8. The van der Waals surface area contributed by atoms with Crippen molar-refractivity contribution in [3.63, 3.8) is 0 Å². The van der Waals surface area contributed by atoms with Crippen molar-refractivity contribution in [3.8, 4) is 0 Å². The molecule has 0 aromatic carbocycles. The summed E-state index contributed by atoms with van der Waals surface area (Å²) in [6, 6.07) is 0. The normalized spacial score (nSPS) is 15.1. The van der Waals surface area contributed by atoms with E-state index in [4.69, 9.17) is 0 Å². The van der Waals surface area contributed by atoms with Crippen molar-refractivity contribution in [2.24, 2.45) is 0 Å².